The highest BCUT2D eigenvalue weighted by atomic mass is 79.9. The van der Waals surface area contributed by atoms with Crippen LogP contribution in [-0.2, 0) is 14.8 Å². The third-order valence-corrected chi connectivity index (χ3v) is 6.11. The molecule has 0 amide bonds. The van der Waals surface area contributed by atoms with Crippen molar-refractivity contribution in [1.82, 2.24) is 4.31 Å². The monoisotopic (exact) mass is 379 g/mol. The summed E-state index contributed by atoms with van der Waals surface area (Å²) in [6, 6.07) is 2.58. The van der Waals surface area contributed by atoms with Crippen LogP contribution in [-0.4, -0.2) is 50.6 Å². The number of rotatable bonds is 7. The zero-order valence-electron chi connectivity index (χ0n) is 12.1. The summed E-state index contributed by atoms with van der Waals surface area (Å²) in [6.07, 6.45) is 0. The van der Waals surface area contributed by atoms with E-state index in [1.165, 1.54) is 13.1 Å². The van der Waals surface area contributed by atoms with Crippen molar-refractivity contribution in [2.75, 3.05) is 26.8 Å². The van der Waals surface area contributed by atoms with Gasteiger partial charge in [-0.05, 0) is 47.5 Å². The molecule has 21 heavy (non-hydrogen) atoms. The van der Waals surface area contributed by atoms with Gasteiger partial charge in [-0.25, -0.2) is 13.2 Å². The van der Waals surface area contributed by atoms with Crippen LogP contribution in [0.4, 0.5) is 0 Å². The number of aryl methyl sites for hydroxylation is 1. The summed E-state index contributed by atoms with van der Waals surface area (Å²) in [5.41, 5.74) is 0.485. The molecule has 118 valence electrons. The molecular weight excluding hydrogens is 362 g/mol. The Labute approximate surface area is 132 Å². The van der Waals surface area contributed by atoms with Gasteiger partial charge in [-0.1, -0.05) is 0 Å². The van der Waals surface area contributed by atoms with Crippen LogP contribution in [0.2, 0.25) is 0 Å². The number of carboxylic acids is 1. The average Bonchev–Trinajstić information content (AvgIpc) is 2.41. The minimum Gasteiger partial charge on any atom is -0.478 e. The van der Waals surface area contributed by atoms with Crippen molar-refractivity contribution in [3.05, 3.63) is 27.7 Å². The van der Waals surface area contributed by atoms with E-state index in [-0.39, 0.29) is 23.6 Å². The van der Waals surface area contributed by atoms with Crippen LogP contribution >= 0.6 is 15.9 Å². The Morgan fingerprint density at radius 1 is 1.43 bits per heavy atom. The highest BCUT2D eigenvalue weighted by Crippen LogP contribution is 2.29. The van der Waals surface area contributed by atoms with Crippen LogP contribution in [0, 0.1) is 6.92 Å². The van der Waals surface area contributed by atoms with E-state index < -0.39 is 16.0 Å². The number of nitrogens with zero attached hydrogens (tertiary/aromatic N) is 1. The topological polar surface area (TPSA) is 83.9 Å². The molecule has 0 aliphatic rings. The van der Waals surface area contributed by atoms with E-state index in [1.807, 2.05) is 6.92 Å². The first kappa shape index (κ1) is 18.1. The van der Waals surface area contributed by atoms with E-state index >= 15 is 0 Å². The maximum atomic E-state index is 12.5. The first-order valence-electron chi connectivity index (χ1n) is 6.29. The molecule has 0 heterocycles. The van der Waals surface area contributed by atoms with Gasteiger partial charge in [0.2, 0.25) is 10.0 Å². The Morgan fingerprint density at radius 2 is 2.05 bits per heavy atom. The molecular formula is C13H18BrNO5S. The lowest BCUT2D eigenvalue weighted by Gasteiger charge is -2.19. The highest BCUT2D eigenvalue weighted by molar-refractivity contribution is 9.10. The molecule has 0 spiro atoms. The number of benzene rings is 1. The Bertz CT molecular complexity index is 630. The van der Waals surface area contributed by atoms with Crippen LogP contribution in [0.15, 0.2) is 21.5 Å². The predicted molar refractivity (Wildman–Crippen MR) is 82.1 cm³/mol. The SMILES string of the molecule is CCOCCN(C)S(=O)(=O)c1cc(C(=O)O)cc(C)c1Br. The minimum atomic E-state index is -3.79. The van der Waals surface area contributed by atoms with Crippen molar-refractivity contribution in [3.8, 4) is 0 Å². The van der Waals surface area contributed by atoms with Gasteiger partial charge >= 0.3 is 5.97 Å². The van der Waals surface area contributed by atoms with Crippen molar-refractivity contribution in [1.29, 1.82) is 0 Å². The lowest BCUT2D eigenvalue weighted by atomic mass is 10.1. The number of halogens is 1. The van der Waals surface area contributed by atoms with Crippen molar-refractivity contribution >= 4 is 31.9 Å². The molecule has 0 aliphatic carbocycles. The number of hydrogen-bond donors (Lipinski definition) is 1. The van der Waals surface area contributed by atoms with E-state index in [9.17, 15) is 13.2 Å². The van der Waals surface area contributed by atoms with E-state index in [0.717, 1.165) is 10.4 Å². The summed E-state index contributed by atoms with van der Waals surface area (Å²) in [7, 11) is -2.35. The Hall–Kier alpha value is -0.960. The smallest absolute Gasteiger partial charge is 0.335 e. The second-order valence-electron chi connectivity index (χ2n) is 4.43. The molecule has 0 unspecified atom stereocenters. The standard InChI is InChI=1S/C13H18BrNO5S/c1-4-20-6-5-15(3)21(18,19)11-8-10(13(16)17)7-9(2)12(11)14/h7-8H,4-6H2,1-3H3,(H,16,17). The van der Waals surface area contributed by atoms with Crippen molar-refractivity contribution in [2.45, 2.75) is 18.7 Å². The van der Waals surface area contributed by atoms with Crippen LogP contribution in [0.1, 0.15) is 22.8 Å². The van der Waals surface area contributed by atoms with Crippen molar-refractivity contribution in [3.63, 3.8) is 0 Å². The summed E-state index contributed by atoms with van der Waals surface area (Å²) >= 11 is 3.22. The van der Waals surface area contributed by atoms with Crippen LogP contribution in [0.25, 0.3) is 0 Å². The van der Waals surface area contributed by atoms with Crippen LogP contribution in [0.3, 0.4) is 0 Å². The molecule has 0 aliphatic heterocycles. The van der Waals surface area contributed by atoms with E-state index in [2.05, 4.69) is 15.9 Å². The minimum absolute atomic E-state index is 0.0566. The number of hydrogen-bond acceptors (Lipinski definition) is 4. The third-order valence-electron chi connectivity index (χ3n) is 2.91. The van der Waals surface area contributed by atoms with Crippen molar-refractivity contribution < 1.29 is 23.1 Å². The normalized spacial score (nSPS) is 11.9. The molecule has 0 bridgehead atoms. The third kappa shape index (κ3) is 4.26. The maximum Gasteiger partial charge on any atom is 0.335 e. The predicted octanol–water partition coefficient (Wildman–Crippen LogP) is 2.11. The van der Waals surface area contributed by atoms with Gasteiger partial charge in [-0.3, -0.25) is 0 Å². The van der Waals surface area contributed by atoms with Gasteiger partial charge in [0.25, 0.3) is 0 Å². The number of aromatic carboxylic acids is 1. The first-order valence-corrected chi connectivity index (χ1v) is 8.52. The summed E-state index contributed by atoms with van der Waals surface area (Å²) in [6.45, 7) is 4.45. The molecule has 0 fully saturated rings. The summed E-state index contributed by atoms with van der Waals surface area (Å²) in [5.74, 6) is -1.17. The Kier molecular flexibility index (Phi) is 6.33. The molecule has 0 saturated heterocycles. The zero-order chi connectivity index (χ0) is 16.2. The molecule has 1 N–H and O–H groups in total. The van der Waals surface area contributed by atoms with Gasteiger partial charge in [0.05, 0.1) is 17.1 Å². The number of carbonyl (C=O) groups is 1. The zero-order valence-corrected chi connectivity index (χ0v) is 14.5. The van der Waals surface area contributed by atoms with Crippen LogP contribution in [0.5, 0.6) is 0 Å². The molecule has 1 aromatic rings. The number of sulfonamides is 1. The second kappa shape index (κ2) is 7.35. The summed E-state index contributed by atoms with van der Waals surface area (Å²) in [4.78, 5) is 11.0. The quantitative estimate of drug-likeness (QED) is 0.733. The number of carboxylic acid groups (broad SMARTS) is 1. The molecule has 0 radical (unpaired) electrons. The average molecular weight is 380 g/mol. The highest BCUT2D eigenvalue weighted by Gasteiger charge is 2.25. The van der Waals surface area contributed by atoms with E-state index in [0.29, 0.717) is 16.6 Å². The molecule has 8 heteroatoms. The lowest BCUT2D eigenvalue weighted by molar-refractivity contribution is 0.0696. The van der Waals surface area contributed by atoms with Gasteiger partial charge in [0.15, 0.2) is 0 Å². The maximum absolute atomic E-state index is 12.5. The first-order chi connectivity index (χ1) is 9.71. The molecule has 0 atom stereocenters. The lowest BCUT2D eigenvalue weighted by Crippen LogP contribution is -2.30. The fraction of sp³-hybridized carbons (Fsp3) is 0.462. The summed E-state index contributed by atoms with van der Waals surface area (Å²) in [5, 5.41) is 9.06. The van der Waals surface area contributed by atoms with Crippen LogP contribution < -0.4 is 0 Å². The van der Waals surface area contributed by atoms with Gasteiger partial charge in [0, 0.05) is 24.7 Å². The number of likely N-dealkylation sites (N-methyl/N-ethyl adjacent to an activating group) is 1. The fourth-order valence-electron chi connectivity index (χ4n) is 1.67. The molecule has 0 saturated carbocycles. The molecule has 6 nitrogen and oxygen atoms in total. The fourth-order valence-corrected chi connectivity index (χ4v) is 3.83. The van der Waals surface area contributed by atoms with Gasteiger partial charge in [-0.2, -0.15) is 4.31 Å². The van der Waals surface area contributed by atoms with E-state index in [1.54, 1.807) is 6.92 Å². The molecule has 1 rings (SSSR count). The van der Waals surface area contributed by atoms with Gasteiger partial charge < -0.3 is 9.84 Å². The largest absolute Gasteiger partial charge is 0.478 e. The number of ether oxygens (including phenoxy) is 1. The van der Waals surface area contributed by atoms with E-state index in [4.69, 9.17) is 9.84 Å². The summed E-state index contributed by atoms with van der Waals surface area (Å²) < 4.78 is 31.7. The Balaban J connectivity index is 3.21. The van der Waals surface area contributed by atoms with Crippen molar-refractivity contribution in [2.24, 2.45) is 0 Å². The van der Waals surface area contributed by atoms with Gasteiger partial charge in [0.1, 0.15) is 0 Å². The van der Waals surface area contributed by atoms with Gasteiger partial charge in [-0.15, -0.1) is 0 Å². The Morgan fingerprint density at radius 3 is 2.57 bits per heavy atom. The molecule has 0 aromatic heterocycles. The molecule has 1 aromatic carbocycles. The second-order valence-corrected chi connectivity index (χ2v) is 7.24.